The number of imidazole rings is 6. The van der Waals surface area contributed by atoms with E-state index in [2.05, 4.69) is 478 Å². The van der Waals surface area contributed by atoms with Crippen LogP contribution in [0, 0.1) is 83.1 Å². The Morgan fingerprint density at radius 1 is 0.281 bits per heavy atom. The number of rotatable bonds is 3. The lowest BCUT2D eigenvalue weighted by Crippen LogP contribution is -2.28. The lowest BCUT2D eigenvalue weighted by atomic mass is 10.0. The Kier molecular flexibility index (Phi) is 19.1. The average Bonchev–Trinajstić information content (AvgIpc) is 1.53. The molecule has 0 saturated heterocycles. The van der Waals surface area contributed by atoms with Crippen LogP contribution in [-0.4, -0.2) is 68.8 Å². The Balaban J connectivity index is 0.0000000939. The van der Waals surface area contributed by atoms with Gasteiger partial charge in [-0.1, -0.05) is 127 Å². The van der Waals surface area contributed by atoms with Gasteiger partial charge in [-0.3, -0.25) is 17.8 Å². The van der Waals surface area contributed by atoms with E-state index in [4.69, 9.17) is 9.97 Å². The maximum atomic E-state index is 5.02. The number of aromatic nitrogens is 18. The van der Waals surface area contributed by atoms with Gasteiger partial charge in [-0.25, -0.2) is 13.7 Å². The van der Waals surface area contributed by atoms with Crippen LogP contribution in [0.2, 0.25) is 0 Å². The van der Waals surface area contributed by atoms with Gasteiger partial charge in [-0.05, 0) is 259 Å². The summed E-state index contributed by atoms with van der Waals surface area (Å²) in [5, 5.41) is 10.4. The number of hydrogen-bond donors (Lipinski definition) is 0. The van der Waals surface area contributed by atoms with Gasteiger partial charge >= 0.3 is 17.3 Å². The summed E-state index contributed by atoms with van der Waals surface area (Å²) in [4.78, 5) is 14.4. The molecule has 0 bridgehead atoms. The first kappa shape index (κ1) is 79.6. The van der Waals surface area contributed by atoms with Crippen LogP contribution in [0.3, 0.4) is 0 Å². The molecule has 0 aliphatic carbocycles. The monoisotopic (exact) mass is 1680 g/mol. The van der Waals surface area contributed by atoms with Crippen molar-refractivity contribution >= 4 is 155 Å². The molecular weight excluding hydrogens is 1570 g/mol. The van der Waals surface area contributed by atoms with Crippen LogP contribution in [0.1, 0.15) is 66.8 Å². The Hall–Kier alpha value is -15.6. The van der Waals surface area contributed by atoms with Crippen molar-refractivity contribution in [2.75, 3.05) is 0 Å². The van der Waals surface area contributed by atoms with E-state index < -0.39 is 0 Å². The smallest absolute Gasteiger partial charge is 0.312 e. The quantitative estimate of drug-likeness (QED) is 0.164. The zero-order chi connectivity index (χ0) is 88.3. The molecule has 128 heavy (non-hydrogen) atoms. The van der Waals surface area contributed by atoms with Gasteiger partial charge < -0.3 is 22.8 Å². The number of fused-ring (bicyclic) bond motifs is 31. The Morgan fingerprint density at radius 2 is 0.711 bits per heavy atom. The Morgan fingerprint density at radius 3 is 1.32 bits per heavy atom. The zero-order valence-electron chi connectivity index (χ0n) is 75.8. The van der Waals surface area contributed by atoms with E-state index in [9.17, 15) is 0 Å². The highest BCUT2D eigenvalue weighted by molar-refractivity contribution is 6.10. The van der Waals surface area contributed by atoms with Crippen LogP contribution in [-0.2, 0) is 42.3 Å². The van der Waals surface area contributed by atoms with E-state index in [1.807, 2.05) is 18.5 Å². The van der Waals surface area contributed by atoms with Crippen LogP contribution < -0.4 is 13.7 Å². The highest BCUT2D eigenvalue weighted by Crippen LogP contribution is 2.39. The molecule has 0 spiro atoms. The molecule has 0 aliphatic rings. The molecule has 0 unspecified atom stereocenters. The van der Waals surface area contributed by atoms with Crippen molar-refractivity contribution in [3.8, 4) is 17.1 Å². The Bertz CT molecular complexity index is 9020. The summed E-state index contributed by atoms with van der Waals surface area (Å²) in [6.45, 7) is 26.2. The van der Waals surface area contributed by atoms with Gasteiger partial charge in [-0.15, -0.1) is 0 Å². The maximum absolute atomic E-state index is 5.02. The fraction of sp³-hybridized carbons (Fsp3) is 0.164. The second-order valence-electron chi connectivity index (χ2n) is 34.8. The third-order valence-electron chi connectivity index (χ3n) is 27.5. The van der Waals surface area contributed by atoms with Gasteiger partial charge in [0.15, 0.2) is 11.0 Å². The van der Waals surface area contributed by atoms with Gasteiger partial charge in [0.25, 0.3) is 16.9 Å². The fourth-order valence-electron chi connectivity index (χ4n) is 19.9. The van der Waals surface area contributed by atoms with E-state index >= 15 is 0 Å². The zero-order valence-corrected chi connectivity index (χ0v) is 75.8. The fourth-order valence-corrected chi connectivity index (χ4v) is 19.9. The normalized spacial score (nSPS) is 11.8. The average molecular weight is 1680 g/mol. The third-order valence-corrected chi connectivity index (χ3v) is 27.5. The maximum Gasteiger partial charge on any atom is 0.312 e. The molecule has 15 heterocycles. The molecule has 18 nitrogen and oxygen atoms in total. The van der Waals surface area contributed by atoms with Crippen LogP contribution in [0.15, 0.2) is 299 Å². The molecular formula is C110H103N18+3. The first-order chi connectivity index (χ1) is 62.1. The van der Waals surface area contributed by atoms with E-state index in [0.717, 1.165) is 39.4 Å². The molecule has 0 saturated carbocycles. The van der Waals surface area contributed by atoms with Crippen molar-refractivity contribution in [1.29, 1.82) is 0 Å². The largest absolute Gasteiger partial charge is 0.337 e. The number of benzene rings is 11. The van der Waals surface area contributed by atoms with Crippen molar-refractivity contribution < 1.29 is 13.7 Å². The first-order valence-corrected chi connectivity index (χ1v) is 43.9. The van der Waals surface area contributed by atoms with Crippen LogP contribution in [0.5, 0.6) is 0 Å². The minimum Gasteiger partial charge on any atom is -0.337 e. The molecule has 0 N–H and O–H groups in total. The number of aryl methyl sites for hydroxylation is 15. The first-order valence-electron chi connectivity index (χ1n) is 43.9. The summed E-state index contributed by atoms with van der Waals surface area (Å²) in [6.07, 6.45) is 20.8. The van der Waals surface area contributed by atoms with Crippen molar-refractivity contribution in [3.05, 3.63) is 365 Å². The molecule has 11 aromatic carbocycles. The van der Waals surface area contributed by atoms with Gasteiger partial charge in [0.1, 0.15) is 41.7 Å². The summed E-state index contributed by atoms with van der Waals surface area (Å²) in [5.74, 6) is 2.86. The van der Waals surface area contributed by atoms with E-state index in [1.165, 1.54) is 199 Å². The van der Waals surface area contributed by atoms with E-state index in [-0.39, 0.29) is 0 Å². The second-order valence-corrected chi connectivity index (χ2v) is 34.8. The minimum absolute atomic E-state index is 0.950. The highest BCUT2D eigenvalue weighted by atomic mass is 15.2. The second kappa shape index (κ2) is 30.7. The minimum atomic E-state index is 0.950. The molecule has 18 heteroatoms. The van der Waals surface area contributed by atoms with Crippen LogP contribution in [0.4, 0.5) is 0 Å². The predicted octanol–water partition coefficient (Wildman–Crippen LogP) is 23.1. The molecule has 26 aromatic rings. The molecule has 0 aliphatic heterocycles. The Labute approximate surface area is 740 Å². The van der Waals surface area contributed by atoms with Crippen molar-refractivity contribution in [3.63, 3.8) is 0 Å². The van der Waals surface area contributed by atoms with E-state index in [1.54, 1.807) is 0 Å². The van der Waals surface area contributed by atoms with Gasteiger partial charge in [-0.2, -0.15) is 28.2 Å². The lowest BCUT2D eigenvalue weighted by Gasteiger charge is -2.13. The summed E-state index contributed by atoms with van der Waals surface area (Å²) in [6, 6.07) is 83.9. The molecule has 0 atom stereocenters. The number of hydrogen-bond acceptors (Lipinski definition) is 3. The topological polar surface area (TPSA) is 106 Å². The van der Waals surface area contributed by atoms with Crippen LogP contribution in [0.25, 0.3) is 172 Å². The highest BCUT2D eigenvalue weighted by Gasteiger charge is 2.29. The van der Waals surface area contributed by atoms with Crippen molar-refractivity contribution in [1.82, 2.24) is 68.8 Å². The molecule has 0 amide bonds. The van der Waals surface area contributed by atoms with Crippen LogP contribution >= 0.6 is 0 Å². The summed E-state index contributed by atoms with van der Waals surface area (Å²) < 4.78 is 33.6. The third kappa shape index (κ3) is 12.3. The molecule has 26 rings (SSSR count). The van der Waals surface area contributed by atoms with Gasteiger partial charge in [0, 0.05) is 85.3 Å². The SMILES string of the molecule is Cc1ccc2c(c1C)c1n(c3ccccc3[n+]1C)c1nc3ccccc3n21.Cc1ccc2c(c1C)c1n(cc[n+]1C)c1nc3ccccc3n21.Cc1ccc2c(c1C)c1n(cc[n+]1C)c1nccn21.Cc1cccc(-n2c3ccccc3c3ccn(C)c32)c1C.Cc1cccc(-n2ccc3c4ccccc4n(C)c32)c1C.Cc1cccc(-n2ccc3ccn(C)c32)c1C. The molecule has 0 fully saturated rings. The summed E-state index contributed by atoms with van der Waals surface area (Å²) in [7, 11) is 12.7. The van der Waals surface area contributed by atoms with Gasteiger partial charge in [0.05, 0.1) is 104 Å². The number of para-hydroxylation sites is 8. The van der Waals surface area contributed by atoms with Crippen molar-refractivity contribution in [2.24, 2.45) is 42.3 Å². The lowest BCUT2D eigenvalue weighted by molar-refractivity contribution is -0.643. The summed E-state index contributed by atoms with van der Waals surface area (Å²) in [5.41, 5.74) is 39.9. The standard InChI is InChI=1S/C23H19N4.C19H17N4.2C19H18N2.C15H15N4.C15H16N2/c1-14-12-13-20-21(15(14)2)22-25(3)18-10-6-7-11-19(18)27(22)23-24-16-8-4-5-9-17(16)26(20)23;1-12-8-9-16-17(13(12)2)18-21(3)10-11-22(18)19-20-14-6-4-5-7-15(14)23(16)19;1-13-7-6-10-17(14(13)2)21-12-11-16-15-8-4-5-9-18(15)20(3)19(16)21;1-13-7-6-10-17(14(13)2)21-18-9-5-4-8-15(18)16-11-12-20(3)19(16)21;1-10-4-5-12-13(11(10)2)14-17(3)8-9-19(14)15-16-6-7-18(12)15;1-11-5-4-6-14(12(11)2)17-10-8-13-7-9-16(3)15(13)17/h4-13H,1-3H3;4-11H,1-3H3;2*4-12H,1-3H3;4-9H,1-3H3;4-10H,1-3H3/q2*+1;;;+1;. The number of nitrogens with zero attached hydrogens (tertiary/aromatic N) is 18. The molecule has 0 radical (unpaired) electrons. The van der Waals surface area contributed by atoms with E-state index in [0.29, 0.717) is 0 Å². The predicted molar refractivity (Wildman–Crippen MR) is 526 cm³/mol. The van der Waals surface area contributed by atoms with Gasteiger partial charge in [0.2, 0.25) is 0 Å². The van der Waals surface area contributed by atoms with Crippen molar-refractivity contribution in [2.45, 2.75) is 83.1 Å². The summed E-state index contributed by atoms with van der Waals surface area (Å²) >= 11 is 0. The molecule has 15 aromatic heterocycles. The molecule has 630 valence electrons.